The average Bonchev–Trinajstić information content (AvgIpc) is 3.22. The molecule has 2 atom stereocenters. The van der Waals surface area contributed by atoms with Crippen LogP contribution in [0.3, 0.4) is 0 Å². The Labute approximate surface area is 161 Å². The molecule has 0 aliphatic carbocycles. The lowest BCUT2D eigenvalue weighted by Crippen LogP contribution is -2.43. The summed E-state index contributed by atoms with van der Waals surface area (Å²) in [5, 5.41) is 0. The van der Waals surface area contributed by atoms with Gasteiger partial charge in [0.05, 0.1) is 7.11 Å². The summed E-state index contributed by atoms with van der Waals surface area (Å²) >= 11 is 0. The third-order valence-electron chi connectivity index (χ3n) is 6.50. The molecule has 2 aliphatic heterocycles. The van der Waals surface area contributed by atoms with Gasteiger partial charge in [-0.25, -0.2) is 0 Å². The smallest absolute Gasteiger partial charge is 0.253 e. The van der Waals surface area contributed by atoms with Crippen LogP contribution in [0.4, 0.5) is 0 Å². The fourth-order valence-corrected chi connectivity index (χ4v) is 4.68. The van der Waals surface area contributed by atoms with E-state index in [-0.39, 0.29) is 5.56 Å². The van der Waals surface area contributed by atoms with Crippen molar-refractivity contribution < 1.29 is 4.74 Å². The number of pyridine rings is 1. The van der Waals surface area contributed by atoms with Gasteiger partial charge in [0, 0.05) is 61.1 Å². The molecule has 2 fully saturated rings. The first-order valence-electron chi connectivity index (χ1n) is 9.68. The zero-order chi connectivity index (χ0) is 19.3. The first-order chi connectivity index (χ1) is 12.9. The van der Waals surface area contributed by atoms with Crippen LogP contribution >= 0.6 is 0 Å². The quantitative estimate of drug-likeness (QED) is 0.832. The summed E-state index contributed by atoms with van der Waals surface area (Å²) in [6, 6.07) is 9.81. The highest BCUT2D eigenvalue weighted by Crippen LogP contribution is 2.34. The second-order valence-electron chi connectivity index (χ2n) is 8.13. The molecule has 2 bridgehead atoms. The van der Waals surface area contributed by atoms with Gasteiger partial charge < -0.3 is 14.2 Å². The lowest BCUT2D eigenvalue weighted by atomic mass is 10.00. The topological polar surface area (TPSA) is 37.7 Å². The standard InChI is InChI=1S/C22H29N3O2/c1-14-8-20(15(2)24(4)22(14)26)16-6-7-17(21(9-16)27-5)11-25-13-18-10-19(25)12-23(18)3/h6-9,18-19H,10-13H2,1-5H3/t18-,19-/m1/s1. The molecule has 0 N–H and O–H groups in total. The minimum Gasteiger partial charge on any atom is -0.496 e. The Bertz CT molecular complexity index is 932. The van der Waals surface area contributed by atoms with Gasteiger partial charge in [-0.3, -0.25) is 9.69 Å². The minimum absolute atomic E-state index is 0.0638. The van der Waals surface area contributed by atoms with E-state index in [1.165, 1.54) is 18.5 Å². The molecule has 1 aromatic heterocycles. The van der Waals surface area contributed by atoms with Crippen molar-refractivity contribution >= 4 is 0 Å². The molecule has 0 radical (unpaired) electrons. The number of likely N-dealkylation sites (N-methyl/N-ethyl adjacent to an activating group) is 1. The van der Waals surface area contributed by atoms with E-state index in [0.717, 1.165) is 41.2 Å². The molecule has 27 heavy (non-hydrogen) atoms. The van der Waals surface area contributed by atoms with Crippen LogP contribution in [0.25, 0.3) is 11.1 Å². The number of hydrogen-bond donors (Lipinski definition) is 0. The predicted octanol–water partition coefficient (Wildman–Crippen LogP) is 2.57. The Hall–Kier alpha value is -2.11. The summed E-state index contributed by atoms with van der Waals surface area (Å²) in [6.45, 7) is 7.11. The molecule has 1 aromatic carbocycles. The second kappa shape index (κ2) is 6.80. The first kappa shape index (κ1) is 18.3. The number of benzene rings is 1. The molecule has 2 saturated heterocycles. The number of likely N-dealkylation sites (tertiary alicyclic amines) is 2. The van der Waals surface area contributed by atoms with Crippen molar-refractivity contribution in [3.8, 4) is 16.9 Å². The number of hydrogen-bond acceptors (Lipinski definition) is 4. The molecule has 5 nitrogen and oxygen atoms in total. The average molecular weight is 367 g/mol. The van der Waals surface area contributed by atoms with Crippen LogP contribution in [-0.2, 0) is 13.6 Å². The van der Waals surface area contributed by atoms with Crippen molar-refractivity contribution in [2.45, 2.75) is 38.9 Å². The lowest BCUT2D eigenvalue weighted by Gasteiger charge is -2.32. The molecule has 0 amide bonds. The summed E-state index contributed by atoms with van der Waals surface area (Å²) in [5.41, 5.74) is 5.21. The molecule has 0 unspecified atom stereocenters. The summed E-state index contributed by atoms with van der Waals surface area (Å²) in [5.74, 6) is 0.925. The fraction of sp³-hybridized carbons (Fsp3) is 0.500. The largest absolute Gasteiger partial charge is 0.496 e. The first-order valence-corrected chi connectivity index (χ1v) is 9.68. The molecule has 4 rings (SSSR count). The van der Waals surface area contributed by atoms with E-state index in [4.69, 9.17) is 4.74 Å². The molecule has 5 heteroatoms. The Balaban J connectivity index is 1.64. The summed E-state index contributed by atoms with van der Waals surface area (Å²) in [4.78, 5) is 17.2. The number of aryl methyl sites for hydroxylation is 1. The van der Waals surface area contributed by atoms with E-state index in [1.54, 1.807) is 11.7 Å². The number of ether oxygens (including phenoxy) is 1. The molecule has 144 valence electrons. The molecule has 2 aromatic rings. The summed E-state index contributed by atoms with van der Waals surface area (Å²) in [7, 11) is 5.81. The van der Waals surface area contributed by atoms with E-state index in [1.807, 2.05) is 27.0 Å². The number of nitrogens with zero attached hydrogens (tertiary/aromatic N) is 3. The lowest BCUT2D eigenvalue weighted by molar-refractivity contribution is 0.142. The normalized spacial score (nSPS) is 22.6. The van der Waals surface area contributed by atoms with Gasteiger partial charge in [0.2, 0.25) is 0 Å². The van der Waals surface area contributed by atoms with Crippen molar-refractivity contribution in [1.82, 2.24) is 14.4 Å². The van der Waals surface area contributed by atoms with Gasteiger partial charge in [0.1, 0.15) is 5.75 Å². The van der Waals surface area contributed by atoms with Crippen molar-refractivity contribution in [3.05, 3.63) is 51.4 Å². The maximum Gasteiger partial charge on any atom is 0.253 e. The highest BCUT2D eigenvalue weighted by atomic mass is 16.5. The van der Waals surface area contributed by atoms with Gasteiger partial charge in [0.25, 0.3) is 5.56 Å². The Morgan fingerprint density at radius 1 is 1.11 bits per heavy atom. The van der Waals surface area contributed by atoms with Crippen LogP contribution in [-0.4, -0.2) is 53.7 Å². The van der Waals surface area contributed by atoms with E-state index in [9.17, 15) is 4.79 Å². The minimum atomic E-state index is 0.0638. The van der Waals surface area contributed by atoms with Crippen molar-refractivity contribution in [3.63, 3.8) is 0 Å². The molecular formula is C22H29N3O2. The van der Waals surface area contributed by atoms with Crippen molar-refractivity contribution in [1.29, 1.82) is 0 Å². The maximum absolute atomic E-state index is 12.2. The number of piperazine rings is 1. The van der Waals surface area contributed by atoms with Crippen LogP contribution in [0, 0.1) is 13.8 Å². The predicted molar refractivity (Wildman–Crippen MR) is 108 cm³/mol. The van der Waals surface area contributed by atoms with Crippen LogP contribution < -0.4 is 10.3 Å². The van der Waals surface area contributed by atoms with Gasteiger partial charge in [-0.1, -0.05) is 12.1 Å². The highest BCUT2D eigenvalue weighted by molar-refractivity contribution is 5.69. The van der Waals surface area contributed by atoms with E-state index < -0.39 is 0 Å². The highest BCUT2D eigenvalue weighted by Gasteiger charge is 2.41. The summed E-state index contributed by atoms with van der Waals surface area (Å²) in [6.07, 6.45) is 1.29. The molecule has 3 heterocycles. The number of rotatable bonds is 4. The van der Waals surface area contributed by atoms with Gasteiger partial charge >= 0.3 is 0 Å². The Kier molecular flexibility index (Phi) is 4.60. The van der Waals surface area contributed by atoms with Crippen LogP contribution in [0.1, 0.15) is 23.2 Å². The van der Waals surface area contributed by atoms with Gasteiger partial charge in [-0.05, 0) is 45.0 Å². The van der Waals surface area contributed by atoms with E-state index in [0.29, 0.717) is 12.1 Å². The Morgan fingerprint density at radius 2 is 1.89 bits per heavy atom. The van der Waals surface area contributed by atoms with Crippen LogP contribution in [0.2, 0.25) is 0 Å². The molecule has 2 aliphatic rings. The summed E-state index contributed by atoms with van der Waals surface area (Å²) < 4.78 is 7.46. The van der Waals surface area contributed by atoms with E-state index in [2.05, 4.69) is 35.0 Å². The van der Waals surface area contributed by atoms with Crippen LogP contribution in [0.5, 0.6) is 5.75 Å². The number of methoxy groups -OCH3 is 1. The second-order valence-corrected chi connectivity index (χ2v) is 8.13. The third kappa shape index (κ3) is 3.09. The fourth-order valence-electron chi connectivity index (χ4n) is 4.68. The zero-order valence-corrected chi connectivity index (χ0v) is 17.0. The van der Waals surface area contributed by atoms with Crippen molar-refractivity contribution in [2.24, 2.45) is 7.05 Å². The monoisotopic (exact) mass is 367 g/mol. The Morgan fingerprint density at radius 3 is 2.52 bits per heavy atom. The van der Waals surface area contributed by atoms with Crippen molar-refractivity contribution in [2.75, 3.05) is 27.2 Å². The number of aromatic nitrogens is 1. The van der Waals surface area contributed by atoms with Gasteiger partial charge in [-0.2, -0.15) is 0 Å². The number of fused-ring (bicyclic) bond motifs is 2. The zero-order valence-electron chi connectivity index (χ0n) is 17.0. The third-order valence-corrected chi connectivity index (χ3v) is 6.50. The molecule has 0 saturated carbocycles. The van der Waals surface area contributed by atoms with Gasteiger partial charge in [-0.15, -0.1) is 0 Å². The maximum atomic E-state index is 12.2. The molecule has 0 spiro atoms. The SMILES string of the molecule is COc1cc(-c2cc(C)c(=O)n(C)c2C)ccc1CN1C[C@H]2C[C@@H]1CN2C. The van der Waals surface area contributed by atoms with Gasteiger partial charge in [0.15, 0.2) is 0 Å². The molecular weight excluding hydrogens is 338 g/mol. The van der Waals surface area contributed by atoms with E-state index >= 15 is 0 Å². The van der Waals surface area contributed by atoms with Crippen LogP contribution in [0.15, 0.2) is 29.1 Å².